The standard InChI is InChI=1S/C25H28N4O2/c30-24(28-26-16-18-10-12-20-4-1-6-22(20)14-18)8-3-9-25(31)29-27-17-19-11-13-21-5-2-7-23(21)15-19/h10-17H,1-9H2,(H,28,30)(H,29,31). The lowest BCUT2D eigenvalue weighted by atomic mass is 10.1. The Labute approximate surface area is 182 Å². The zero-order valence-electron chi connectivity index (χ0n) is 17.7. The zero-order valence-corrected chi connectivity index (χ0v) is 17.7. The molecule has 0 radical (unpaired) electrons. The van der Waals surface area contributed by atoms with Crippen molar-refractivity contribution in [2.24, 2.45) is 10.2 Å². The average Bonchev–Trinajstić information content (AvgIpc) is 3.42. The first kappa shape index (κ1) is 21.0. The lowest BCUT2D eigenvalue weighted by molar-refractivity contribution is -0.122. The first-order valence-electron chi connectivity index (χ1n) is 11.0. The molecular formula is C25H28N4O2. The van der Waals surface area contributed by atoms with Crippen molar-refractivity contribution >= 4 is 24.2 Å². The average molecular weight is 417 g/mol. The molecule has 4 rings (SSSR count). The van der Waals surface area contributed by atoms with Crippen molar-refractivity contribution in [3.8, 4) is 0 Å². The fraction of sp³-hybridized carbons (Fsp3) is 0.360. The number of nitrogens with one attached hydrogen (secondary N) is 2. The molecule has 2 aromatic carbocycles. The van der Waals surface area contributed by atoms with Crippen LogP contribution in [-0.4, -0.2) is 24.2 Å². The van der Waals surface area contributed by atoms with Gasteiger partial charge in [-0.05, 0) is 90.5 Å². The number of hydrogen-bond acceptors (Lipinski definition) is 4. The van der Waals surface area contributed by atoms with Crippen LogP contribution in [0.4, 0.5) is 0 Å². The molecule has 2 N–H and O–H groups in total. The van der Waals surface area contributed by atoms with Gasteiger partial charge in [-0.2, -0.15) is 10.2 Å². The van der Waals surface area contributed by atoms with Crippen molar-refractivity contribution in [2.45, 2.75) is 57.8 Å². The van der Waals surface area contributed by atoms with Gasteiger partial charge in [0.15, 0.2) is 0 Å². The number of hydrazone groups is 2. The summed E-state index contributed by atoms with van der Waals surface area (Å²) in [5, 5.41) is 8.05. The summed E-state index contributed by atoms with van der Waals surface area (Å²) in [6.45, 7) is 0. The molecule has 6 nitrogen and oxygen atoms in total. The van der Waals surface area contributed by atoms with Crippen molar-refractivity contribution in [3.63, 3.8) is 0 Å². The number of carbonyl (C=O) groups excluding carboxylic acids is 2. The molecule has 0 saturated heterocycles. The summed E-state index contributed by atoms with van der Waals surface area (Å²) in [6, 6.07) is 12.6. The molecule has 160 valence electrons. The Hall–Kier alpha value is -3.28. The lowest BCUT2D eigenvalue weighted by Crippen LogP contribution is -2.20. The molecule has 2 aromatic rings. The van der Waals surface area contributed by atoms with E-state index in [4.69, 9.17) is 0 Å². The Morgan fingerprint density at radius 2 is 1.16 bits per heavy atom. The summed E-state index contributed by atoms with van der Waals surface area (Å²) < 4.78 is 0. The second kappa shape index (κ2) is 10.2. The summed E-state index contributed by atoms with van der Waals surface area (Å²) in [5.41, 5.74) is 12.6. The summed E-state index contributed by atoms with van der Waals surface area (Å²) in [6.07, 6.45) is 11.2. The molecule has 0 saturated carbocycles. The van der Waals surface area contributed by atoms with E-state index >= 15 is 0 Å². The first-order chi connectivity index (χ1) is 15.2. The van der Waals surface area contributed by atoms with Crippen LogP contribution in [-0.2, 0) is 35.3 Å². The van der Waals surface area contributed by atoms with Crippen LogP contribution in [0.3, 0.4) is 0 Å². The number of hydrogen-bond donors (Lipinski definition) is 2. The minimum Gasteiger partial charge on any atom is -0.273 e. The highest BCUT2D eigenvalue weighted by molar-refractivity contribution is 5.84. The maximum Gasteiger partial charge on any atom is 0.240 e. The van der Waals surface area contributed by atoms with Crippen molar-refractivity contribution < 1.29 is 9.59 Å². The third-order valence-corrected chi connectivity index (χ3v) is 5.86. The fourth-order valence-corrected chi connectivity index (χ4v) is 4.22. The van der Waals surface area contributed by atoms with E-state index in [9.17, 15) is 9.59 Å². The monoisotopic (exact) mass is 416 g/mol. The van der Waals surface area contributed by atoms with Gasteiger partial charge in [0.25, 0.3) is 0 Å². The van der Waals surface area contributed by atoms with Crippen LogP contribution in [0.2, 0.25) is 0 Å². The van der Waals surface area contributed by atoms with Crippen LogP contribution >= 0.6 is 0 Å². The maximum atomic E-state index is 11.9. The third kappa shape index (κ3) is 5.87. The van der Waals surface area contributed by atoms with Gasteiger partial charge in [0, 0.05) is 12.8 Å². The van der Waals surface area contributed by atoms with Gasteiger partial charge in [-0.25, -0.2) is 10.9 Å². The minimum absolute atomic E-state index is 0.202. The quantitative estimate of drug-likeness (QED) is 0.510. The molecule has 31 heavy (non-hydrogen) atoms. The molecule has 0 aromatic heterocycles. The van der Waals surface area contributed by atoms with Gasteiger partial charge in [0.2, 0.25) is 11.8 Å². The molecule has 0 bridgehead atoms. The normalized spacial score (nSPS) is 14.7. The van der Waals surface area contributed by atoms with Crippen LogP contribution in [0.15, 0.2) is 46.6 Å². The predicted molar refractivity (Wildman–Crippen MR) is 122 cm³/mol. The molecule has 0 heterocycles. The number of amides is 2. The Morgan fingerprint density at radius 1 is 0.710 bits per heavy atom. The van der Waals surface area contributed by atoms with E-state index in [0.29, 0.717) is 6.42 Å². The van der Waals surface area contributed by atoms with Gasteiger partial charge in [0.05, 0.1) is 12.4 Å². The van der Waals surface area contributed by atoms with Crippen LogP contribution in [0.1, 0.15) is 65.5 Å². The van der Waals surface area contributed by atoms with E-state index in [-0.39, 0.29) is 24.7 Å². The summed E-state index contributed by atoms with van der Waals surface area (Å²) in [5.74, 6) is -0.404. The van der Waals surface area contributed by atoms with Crippen molar-refractivity contribution in [1.29, 1.82) is 0 Å². The minimum atomic E-state index is -0.202. The second-order valence-electron chi connectivity index (χ2n) is 8.20. The van der Waals surface area contributed by atoms with Gasteiger partial charge >= 0.3 is 0 Å². The molecule has 0 unspecified atom stereocenters. The van der Waals surface area contributed by atoms with Crippen LogP contribution in [0.25, 0.3) is 0 Å². The van der Waals surface area contributed by atoms with E-state index in [1.165, 1.54) is 35.1 Å². The molecule has 2 aliphatic carbocycles. The van der Waals surface area contributed by atoms with Crippen molar-refractivity contribution in [1.82, 2.24) is 10.9 Å². The predicted octanol–water partition coefficient (Wildman–Crippen LogP) is 3.43. The number of rotatable bonds is 8. The van der Waals surface area contributed by atoms with Gasteiger partial charge in [-0.1, -0.05) is 24.3 Å². The summed E-state index contributed by atoms with van der Waals surface area (Å²) >= 11 is 0. The molecular weight excluding hydrogens is 388 g/mol. The highest BCUT2D eigenvalue weighted by Gasteiger charge is 2.11. The van der Waals surface area contributed by atoms with E-state index < -0.39 is 0 Å². The van der Waals surface area contributed by atoms with Gasteiger partial charge in [-0.3, -0.25) is 9.59 Å². The molecule has 0 spiro atoms. The second-order valence-corrected chi connectivity index (χ2v) is 8.20. The highest BCUT2D eigenvalue weighted by atomic mass is 16.2. The number of aryl methyl sites for hydroxylation is 4. The summed E-state index contributed by atoms with van der Waals surface area (Å²) in [7, 11) is 0. The first-order valence-corrected chi connectivity index (χ1v) is 11.0. The highest BCUT2D eigenvalue weighted by Crippen LogP contribution is 2.23. The molecule has 6 heteroatoms. The van der Waals surface area contributed by atoms with E-state index in [1.54, 1.807) is 12.4 Å². The summed E-state index contributed by atoms with van der Waals surface area (Å²) in [4.78, 5) is 23.8. The Balaban J connectivity index is 1.13. The smallest absolute Gasteiger partial charge is 0.240 e. The molecule has 2 amide bonds. The molecule has 0 fully saturated rings. The Morgan fingerprint density at radius 3 is 1.65 bits per heavy atom. The van der Waals surface area contributed by atoms with Gasteiger partial charge in [-0.15, -0.1) is 0 Å². The topological polar surface area (TPSA) is 82.9 Å². The zero-order chi connectivity index (χ0) is 21.5. The SMILES string of the molecule is O=C(CCCC(=O)NN=Cc1ccc2c(c1)CCC2)NN=Cc1ccc2c(c1)CCC2. The van der Waals surface area contributed by atoms with Crippen LogP contribution in [0, 0.1) is 0 Å². The Bertz CT molecular complexity index is 945. The fourth-order valence-electron chi connectivity index (χ4n) is 4.22. The van der Waals surface area contributed by atoms with Crippen molar-refractivity contribution in [2.75, 3.05) is 0 Å². The number of nitrogens with zero attached hydrogens (tertiary/aromatic N) is 2. The molecule has 2 aliphatic rings. The largest absolute Gasteiger partial charge is 0.273 e. The lowest BCUT2D eigenvalue weighted by Gasteiger charge is -2.02. The van der Waals surface area contributed by atoms with E-state index in [1.807, 2.05) is 12.1 Å². The number of benzene rings is 2. The molecule has 0 aliphatic heterocycles. The van der Waals surface area contributed by atoms with E-state index in [0.717, 1.165) is 36.8 Å². The van der Waals surface area contributed by atoms with Crippen LogP contribution < -0.4 is 10.9 Å². The maximum absolute atomic E-state index is 11.9. The third-order valence-electron chi connectivity index (χ3n) is 5.86. The van der Waals surface area contributed by atoms with Crippen molar-refractivity contribution in [3.05, 3.63) is 69.8 Å². The molecule has 0 atom stereocenters. The van der Waals surface area contributed by atoms with Crippen LogP contribution in [0.5, 0.6) is 0 Å². The van der Waals surface area contributed by atoms with Gasteiger partial charge < -0.3 is 0 Å². The number of fused-ring (bicyclic) bond motifs is 2. The Kier molecular flexibility index (Phi) is 6.87. The van der Waals surface area contributed by atoms with Gasteiger partial charge in [0.1, 0.15) is 0 Å². The van der Waals surface area contributed by atoms with E-state index in [2.05, 4.69) is 45.3 Å². The number of carbonyl (C=O) groups is 2.